The first-order valence-electron chi connectivity index (χ1n) is 9.05. The van der Waals surface area contributed by atoms with E-state index < -0.39 is 5.79 Å². The van der Waals surface area contributed by atoms with Crippen molar-refractivity contribution in [1.82, 2.24) is 14.3 Å². The Morgan fingerprint density at radius 2 is 2.00 bits per heavy atom. The molecule has 7 nitrogen and oxygen atoms in total. The van der Waals surface area contributed by atoms with Crippen LogP contribution in [0.25, 0.3) is 15.9 Å². The molecule has 2 aliphatic heterocycles. The molecule has 140 valence electrons. The Morgan fingerprint density at radius 3 is 2.74 bits per heavy atom. The lowest BCUT2D eigenvalue weighted by Gasteiger charge is -2.37. The summed E-state index contributed by atoms with van der Waals surface area (Å²) in [6.07, 6.45) is 3.06. The maximum Gasteiger partial charge on any atom is 0.266 e. The standard InChI is InChI=1S/C19H19N3O4S/c1-12-3-2-6-22-15(12)20-16-13(17(22)23)11-14(27-16)18(24)21-7-4-19(5-8-21)25-9-10-26-19/h2-3,6,11H,4-5,7-10H2,1H3. The highest BCUT2D eigenvalue weighted by molar-refractivity contribution is 7.20. The van der Waals surface area contributed by atoms with E-state index in [9.17, 15) is 9.59 Å². The van der Waals surface area contributed by atoms with E-state index in [1.165, 1.54) is 15.7 Å². The third-order valence-corrected chi connectivity index (χ3v) is 6.39. The summed E-state index contributed by atoms with van der Waals surface area (Å²) in [5.74, 6) is -0.567. The van der Waals surface area contributed by atoms with Crippen LogP contribution in [0.15, 0.2) is 29.2 Å². The summed E-state index contributed by atoms with van der Waals surface area (Å²) in [6.45, 7) is 4.32. The second-order valence-electron chi connectivity index (χ2n) is 7.03. The molecule has 1 amide bonds. The maximum absolute atomic E-state index is 13.0. The predicted octanol–water partition coefficient (Wildman–Crippen LogP) is 2.20. The molecule has 0 unspecified atom stereocenters. The molecule has 3 aromatic heterocycles. The van der Waals surface area contributed by atoms with Gasteiger partial charge in [0.05, 0.1) is 23.5 Å². The van der Waals surface area contributed by atoms with Crippen LogP contribution >= 0.6 is 11.3 Å². The van der Waals surface area contributed by atoms with Gasteiger partial charge in [0.15, 0.2) is 5.79 Å². The van der Waals surface area contributed by atoms with E-state index in [0.717, 1.165) is 5.56 Å². The van der Waals surface area contributed by atoms with Crippen molar-refractivity contribution in [3.05, 3.63) is 45.2 Å². The molecule has 1 spiro atoms. The van der Waals surface area contributed by atoms with E-state index in [2.05, 4.69) is 4.98 Å². The Labute approximate surface area is 159 Å². The van der Waals surface area contributed by atoms with Crippen LogP contribution in [0.4, 0.5) is 0 Å². The van der Waals surface area contributed by atoms with Gasteiger partial charge in [-0.3, -0.25) is 14.0 Å². The molecular formula is C19H19N3O4S. The van der Waals surface area contributed by atoms with E-state index >= 15 is 0 Å². The fourth-order valence-corrected chi connectivity index (χ4v) is 4.85. The number of carbonyl (C=O) groups is 1. The molecule has 0 aromatic carbocycles. The van der Waals surface area contributed by atoms with Crippen molar-refractivity contribution in [2.75, 3.05) is 26.3 Å². The minimum Gasteiger partial charge on any atom is -0.347 e. The van der Waals surface area contributed by atoms with Gasteiger partial charge in [-0.25, -0.2) is 4.98 Å². The third-order valence-electron chi connectivity index (χ3n) is 5.37. The molecule has 0 bridgehead atoms. The Morgan fingerprint density at radius 1 is 1.26 bits per heavy atom. The molecule has 5 rings (SSSR count). The average molecular weight is 385 g/mol. The Hall–Kier alpha value is -2.29. The van der Waals surface area contributed by atoms with Crippen LogP contribution < -0.4 is 5.56 Å². The number of piperidine rings is 1. The van der Waals surface area contributed by atoms with E-state index in [0.29, 0.717) is 59.9 Å². The van der Waals surface area contributed by atoms with Gasteiger partial charge in [0, 0.05) is 32.1 Å². The number of hydrogen-bond donors (Lipinski definition) is 0. The second kappa shape index (κ2) is 6.12. The summed E-state index contributed by atoms with van der Waals surface area (Å²) in [6, 6.07) is 5.43. The summed E-state index contributed by atoms with van der Waals surface area (Å²) >= 11 is 1.28. The van der Waals surface area contributed by atoms with Crippen molar-refractivity contribution in [1.29, 1.82) is 0 Å². The molecule has 5 heterocycles. The minimum absolute atomic E-state index is 0.0592. The van der Waals surface area contributed by atoms with Gasteiger partial charge in [-0.05, 0) is 24.6 Å². The molecular weight excluding hydrogens is 366 g/mol. The van der Waals surface area contributed by atoms with E-state index in [4.69, 9.17) is 9.47 Å². The fraction of sp³-hybridized carbons (Fsp3) is 0.421. The summed E-state index contributed by atoms with van der Waals surface area (Å²) in [4.78, 5) is 33.3. The molecule has 0 atom stereocenters. The van der Waals surface area contributed by atoms with Gasteiger partial charge >= 0.3 is 0 Å². The third kappa shape index (κ3) is 2.67. The zero-order chi connectivity index (χ0) is 18.6. The van der Waals surface area contributed by atoms with Crippen LogP contribution in [0, 0.1) is 6.92 Å². The van der Waals surface area contributed by atoms with Gasteiger partial charge < -0.3 is 14.4 Å². The number of aromatic nitrogens is 2. The van der Waals surface area contributed by atoms with Crippen LogP contribution in [-0.4, -0.2) is 52.3 Å². The van der Waals surface area contributed by atoms with Crippen LogP contribution in [0.3, 0.4) is 0 Å². The molecule has 2 aliphatic rings. The van der Waals surface area contributed by atoms with Crippen LogP contribution in [0.1, 0.15) is 28.1 Å². The molecule has 8 heteroatoms. The number of aryl methyl sites for hydroxylation is 1. The van der Waals surface area contributed by atoms with Gasteiger partial charge in [-0.15, -0.1) is 11.3 Å². The first-order chi connectivity index (χ1) is 13.1. The summed E-state index contributed by atoms with van der Waals surface area (Å²) in [5.41, 5.74) is 1.42. The number of hydrogen-bond acceptors (Lipinski definition) is 6. The number of rotatable bonds is 1. The summed E-state index contributed by atoms with van der Waals surface area (Å²) in [7, 11) is 0. The molecule has 3 aromatic rings. The Kier molecular flexibility index (Phi) is 3.82. The van der Waals surface area contributed by atoms with E-state index in [1.807, 2.05) is 24.0 Å². The van der Waals surface area contributed by atoms with E-state index in [-0.39, 0.29) is 11.5 Å². The topological polar surface area (TPSA) is 73.1 Å². The molecule has 0 saturated carbocycles. The van der Waals surface area contributed by atoms with Gasteiger partial charge in [0.1, 0.15) is 10.5 Å². The lowest BCUT2D eigenvalue weighted by Crippen LogP contribution is -2.47. The number of nitrogens with zero attached hydrogens (tertiary/aromatic N) is 3. The van der Waals surface area contributed by atoms with Crippen LogP contribution in [-0.2, 0) is 9.47 Å². The highest BCUT2D eigenvalue weighted by Crippen LogP contribution is 2.32. The van der Waals surface area contributed by atoms with Gasteiger partial charge in [-0.2, -0.15) is 0 Å². The van der Waals surface area contributed by atoms with Crippen molar-refractivity contribution in [2.24, 2.45) is 0 Å². The number of amides is 1. The Balaban J connectivity index is 1.47. The number of fused-ring (bicyclic) bond motifs is 2. The average Bonchev–Trinajstić information content (AvgIpc) is 3.31. The normalized spacial score (nSPS) is 19.4. The smallest absolute Gasteiger partial charge is 0.266 e. The van der Waals surface area contributed by atoms with Crippen molar-refractivity contribution >= 4 is 33.1 Å². The van der Waals surface area contributed by atoms with Crippen molar-refractivity contribution in [3.8, 4) is 0 Å². The lowest BCUT2D eigenvalue weighted by atomic mass is 10.0. The fourth-order valence-electron chi connectivity index (χ4n) is 3.86. The first-order valence-corrected chi connectivity index (χ1v) is 9.87. The molecule has 0 aliphatic carbocycles. The zero-order valence-corrected chi connectivity index (χ0v) is 15.8. The number of ether oxygens (including phenoxy) is 2. The van der Waals surface area contributed by atoms with Gasteiger partial charge in [0.25, 0.3) is 11.5 Å². The zero-order valence-electron chi connectivity index (χ0n) is 14.9. The first kappa shape index (κ1) is 16.9. The SMILES string of the molecule is Cc1cccn2c(=O)c3cc(C(=O)N4CCC5(CC4)OCCO5)sc3nc12. The van der Waals surface area contributed by atoms with Crippen molar-refractivity contribution in [2.45, 2.75) is 25.6 Å². The van der Waals surface area contributed by atoms with Gasteiger partial charge in [0.2, 0.25) is 0 Å². The second-order valence-corrected chi connectivity index (χ2v) is 8.06. The van der Waals surface area contributed by atoms with Crippen molar-refractivity contribution in [3.63, 3.8) is 0 Å². The largest absolute Gasteiger partial charge is 0.347 e. The Bertz CT molecular complexity index is 1100. The quantitative estimate of drug-likeness (QED) is 0.642. The number of likely N-dealkylation sites (tertiary alicyclic amines) is 1. The monoisotopic (exact) mass is 385 g/mol. The molecule has 0 radical (unpaired) electrons. The van der Waals surface area contributed by atoms with Crippen molar-refractivity contribution < 1.29 is 14.3 Å². The highest BCUT2D eigenvalue weighted by atomic mass is 32.1. The number of thiophene rings is 1. The predicted molar refractivity (Wildman–Crippen MR) is 101 cm³/mol. The van der Waals surface area contributed by atoms with Crippen LogP contribution in [0.2, 0.25) is 0 Å². The van der Waals surface area contributed by atoms with Crippen LogP contribution in [0.5, 0.6) is 0 Å². The number of carbonyl (C=O) groups excluding carboxylic acids is 1. The number of pyridine rings is 1. The molecule has 0 N–H and O–H groups in total. The highest BCUT2D eigenvalue weighted by Gasteiger charge is 2.41. The van der Waals surface area contributed by atoms with E-state index in [1.54, 1.807) is 12.3 Å². The summed E-state index contributed by atoms with van der Waals surface area (Å²) in [5, 5.41) is 0.488. The summed E-state index contributed by atoms with van der Waals surface area (Å²) < 4.78 is 13.0. The molecule has 27 heavy (non-hydrogen) atoms. The van der Waals surface area contributed by atoms with Gasteiger partial charge in [-0.1, -0.05) is 6.07 Å². The molecule has 2 fully saturated rings. The minimum atomic E-state index is -0.507. The lowest BCUT2D eigenvalue weighted by molar-refractivity contribution is -0.181. The maximum atomic E-state index is 13.0. The molecule has 2 saturated heterocycles.